The number of H-pyrrole nitrogens is 1. The number of aromatic nitrogens is 5. The van der Waals surface area contributed by atoms with E-state index in [9.17, 15) is 4.79 Å². The van der Waals surface area contributed by atoms with Crippen molar-refractivity contribution in [2.24, 2.45) is 0 Å². The van der Waals surface area contributed by atoms with Crippen LogP contribution >= 0.6 is 0 Å². The fourth-order valence-electron chi connectivity index (χ4n) is 5.03. The number of nitrogens with zero attached hydrogens (tertiary/aromatic N) is 7. The summed E-state index contributed by atoms with van der Waals surface area (Å²) in [6.07, 6.45) is 8.76. The average molecular weight is 457 g/mol. The van der Waals surface area contributed by atoms with Gasteiger partial charge in [-0.2, -0.15) is 4.52 Å². The number of rotatable bonds is 4. The van der Waals surface area contributed by atoms with E-state index in [1.165, 1.54) is 16.5 Å². The maximum Gasteiger partial charge on any atom is 0.237 e. The van der Waals surface area contributed by atoms with Crippen molar-refractivity contribution in [3.8, 4) is 0 Å². The molecule has 3 aromatic heterocycles. The molecule has 0 bridgehead atoms. The van der Waals surface area contributed by atoms with Crippen molar-refractivity contribution in [2.45, 2.75) is 13.3 Å². The van der Waals surface area contributed by atoms with E-state index in [1.54, 1.807) is 6.20 Å². The molecule has 0 aliphatic carbocycles. The number of aryl methyl sites for hydroxylation is 1. The molecule has 6 rings (SSSR count). The van der Waals surface area contributed by atoms with Gasteiger partial charge in [-0.15, -0.1) is 5.10 Å². The second-order valence-corrected chi connectivity index (χ2v) is 9.02. The number of carbonyl (C=O) groups excluding carboxylic acids is 1. The van der Waals surface area contributed by atoms with Crippen LogP contribution in [0.4, 0.5) is 5.82 Å². The Morgan fingerprint density at radius 2 is 1.94 bits per heavy atom. The van der Waals surface area contributed by atoms with Crippen molar-refractivity contribution in [2.75, 3.05) is 50.7 Å². The van der Waals surface area contributed by atoms with E-state index < -0.39 is 0 Å². The molecule has 4 aromatic rings. The lowest BCUT2D eigenvalue weighted by molar-refractivity contribution is -0.132. The van der Waals surface area contributed by atoms with Crippen LogP contribution in [0, 0.1) is 6.92 Å². The van der Waals surface area contributed by atoms with E-state index in [0.717, 1.165) is 62.0 Å². The summed E-state index contributed by atoms with van der Waals surface area (Å²) in [7, 11) is 0. The normalized spacial score (nSPS) is 17.5. The van der Waals surface area contributed by atoms with Crippen LogP contribution in [0.5, 0.6) is 0 Å². The Morgan fingerprint density at radius 3 is 2.76 bits per heavy atom. The molecule has 5 heterocycles. The first-order valence-corrected chi connectivity index (χ1v) is 11.8. The van der Waals surface area contributed by atoms with Gasteiger partial charge in [0.05, 0.1) is 18.9 Å². The standard InChI is InChI=1S/C25H28N8O/c1-18-28-23-15-26-16-24(33(23)29-18)31-12-10-30(11-13-31)17-25(34)32-8-6-19(7-9-32)21-14-27-22-5-3-2-4-20(21)22/h2-6,14-16,27H,7-13,17H2,1H3. The van der Waals surface area contributed by atoms with Gasteiger partial charge < -0.3 is 14.8 Å². The lowest BCUT2D eigenvalue weighted by Gasteiger charge is -2.36. The van der Waals surface area contributed by atoms with Gasteiger partial charge in [-0.25, -0.2) is 4.98 Å². The summed E-state index contributed by atoms with van der Waals surface area (Å²) in [5, 5.41) is 5.75. The van der Waals surface area contributed by atoms with Crippen LogP contribution in [-0.4, -0.2) is 86.1 Å². The smallest absolute Gasteiger partial charge is 0.237 e. The first kappa shape index (κ1) is 20.9. The van der Waals surface area contributed by atoms with Gasteiger partial charge in [0.2, 0.25) is 5.91 Å². The third-order valence-electron chi connectivity index (χ3n) is 6.89. The van der Waals surface area contributed by atoms with Crippen LogP contribution in [-0.2, 0) is 4.79 Å². The Morgan fingerprint density at radius 1 is 1.09 bits per heavy atom. The fourth-order valence-corrected chi connectivity index (χ4v) is 5.03. The second kappa shape index (κ2) is 8.57. The zero-order valence-corrected chi connectivity index (χ0v) is 19.3. The summed E-state index contributed by atoms with van der Waals surface area (Å²) >= 11 is 0. The molecule has 1 saturated heterocycles. The van der Waals surface area contributed by atoms with Crippen LogP contribution in [0.2, 0.25) is 0 Å². The summed E-state index contributed by atoms with van der Waals surface area (Å²) < 4.78 is 1.86. The molecule has 0 atom stereocenters. The zero-order chi connectivity index (χ0) is 23.1. The molecule has 34 heavy (non-hydrogen) atoms. The molecule has 2 aliphatic rings. The predicted molar refractivity (Wildman–Crippen MR) is 132 cm³/mol. The Balaban J connectivity index is 1.06. The number of anilines is 1. The summed E-state index contributed by atoms with van der Waals surface area (Å²) in [6.45, 7) is 7.13. The minimum absolute atomic E-state index is 0.207. The van der Waals surface area contributed by atoms with E-state index in [4.69, 9.17) is 0 Å². The van der Waals surface area contributed by atoms with Gasteiger partial charge in [-0.3, -0.25) is 14.7 Å². The number of hydrogen-bond donors (Lipinski definition) is 1. The van der Waals surface area contributed by atoms with Gasteiger partial charge in [0.1, 0.15) is 5.82 Å². The van der Waals surface area contributed by atoms with Gasteiger partial charge in [-0.05, 0) is 25.0 Å². The van der Waals surface area contributed by atoms with E-state index in [2.05, 4.69) is 60.3 Å². The number of aromatic amines is 1. The topological polar surface area (TPSA) is 85.7 Å². The monoisotopic (exact) mass is 456 g/mol. The maximum absolute atomic E-state index is 13.0. The highest BCUT2D eigenvalue weighted by Gasteiger charge is 2.25. The SMILES string of the molecule is Cc1nc2cncc(N3CCN(CC(=O)N4CC=C(c5c[nH]c6ccccc56)CC4)CC3)n2n1. The summed E-state index contributed by atoms with van der Waals surface area (Å²) in [4.78, 5) is 31.6. The molecule has 0 unspecified atom stereocenters. The third kappa shape index (κ3) is 3.81. The lowest BCUT2D eigenvalue weighted by atomic mass is 9.99. The highest BCUT2D eigenvalue weighted by Crippen LogP contribution is 2.29. The van der Waals surface area contributed by atoms with Crippen LogP contribution < -0.4 is 4.90 Å². The Bertz CT molecular complexity index is 1380. The highest BCUT2D eigenvalue weighted by molar-refractivity contribution is 5.93. The van der Waals surface area contributed by atoms with Gasteiger partial charge in [0.15, 0.2) is 11.5 Å². The molecule has 0 spiro atoms. The first-order valence-electron chi connectivity index (χ1n) is 11.8. The molecular formula is C25H28N8O. The summed E-state index contributed by atoms with van der Waals surface area (Å²) in [5.74, 6) is 1.90. The Kier molecular flexibility index (Phi) is 5.26. The molecule has 1 fully saturated rings. The third-order valence-corrected chi connectivity index (χ3v) is 6.89. The van der Waals surface area contributed by atoms with E-state index in [1.807, 2.05) is 28.6 Å². The molecule has 1 amide bonds. The number of carbonyl (C=O) groups is 1. The molecule has 2 aliphatic heterocycles. The van der Waals surface area contributed by atoms with E-state index in [-0.39, 0.29) is 5.91 Å². The van der Waals surface area contributed by atoms with Crippen molar-refractivity contribution < 1.29 is 4.79 Å². The quantitative estimate of drug-likeness (QED) is 0.507. The molecular weight excluding hydrogens is 428 g/mol. The molecule has 1 aromatic carbocycles. The number of amides is 1. The van der Waals surface area contributed by atoms with Gasteiger partial charge >= 0.3 is 0 Å². The molecule has 9 heteroatoms. The van der Waals surface area contributed by atoms with Crippen molar-refractivity contribution in [1.82, 2.24) is 34.4 Å². The molecule has 0 saturated carbocycles. The Hall–Kier alpha value is -3.72. The lowest BCUT2D eigenvalue weighted by Crippen LogP contribution is -2.51. The fraction of sp³-hybridized carbons (Fsp3) is 0.360. The van der Waals surface area contributed by atoms with Crippen LogP contribution in [0.25, 0.3) is 22.1 Å². The maximum atomic E-state index is 13.0. The number of fused-ring (bicyclic) bond motifs is 2. The van der Waals surface area contributed by atoms with Crippen LogP contribution in [0.15, 0.2) is 48.9 Å². The van der Waals surface area contributed by atoms with Gasteiger partial charge in [0, 0.05) is 61.9 Å². The second-order valence-electron chi connectivity index (χ2n) is 9.02. The Labute approximate surface area is 197 Å². The van der Waals surface area contributed by atoms with Gasteiger partial charge in [0.25, 0.3) is 0 Å². The number of para-hydroxylation sites is 1. The molecule has 9 nitrogen and oxygen atoms in total. The molecule has 0 radical (unpaired) electrons. The number of hydrogen-bond acceptors (Lipinski definition) is 6. The van der Waals surface area contributed by atoms with Gasteiger partial charge in [-0.1, -0.05) is 24.3 Å². The number of nitrogens with one attached hydrogen (secondary N) is 1. The first-order chi connectivity index (χ1) is 16.7. The summed E-state index contributed by atoms with van der Waals surface area (Å²) in [6, 6.07) is 8.37. The predicted octanol–water partition coefficient (Wildman–Crippen LogP) is 2.35. The van der Waals surface area contributed by atoms with Crippen LogP contribution in [0.3, 0.4) is 0 Å². The molecule has 1 N–H and O–H groups in total. The van der Waals surface area contributed by atoms with E-state index >= 15 is 0 Å². The van der Waals surface area contributed by atoms with Crippen LogP contribution in [0.1, 0.15) is 17.8 Å². The minimum Gasteiger partial charge on any atom is -0.361 e. The van der Waals surface area contributed by atoms with Crippen molar-refractivity contribution in [3.63, 3.8) is 0 Å². The van der Waals surface area contributed by atoms with Crippen molar-refractivity contribution in [1.29, 1.82) is 0 Å². The molecule has 174 valence electrons. The number of piperazine rings is 1. The largest absolute Gasteiger partial charge is 0.361 e. The highest BCUT2D eigenvalue weighted by atomic mass is 16.2. The van der Waals surface area contributed by atoms with Crippen molar-refractivity contribution >= 4 is 33.8 Å². The zero-order valence-electron chi connectivity index (χ0n) is 19.3. The average Bonchev–Trinajstić information content (AvgIpc) is 3.47. The van der Waals surface area contributed by atoms with Crippen molar-refractivity contribution in [3.05, 3.63) is 60.3 Å². The van der Waals surface area contributed by atoms with E-state index in [0.29, 0.717) is 13.1 Å². The minimum atomic E-state index is 0.207. The summed E-state index contributed by atoms with van der Waals surface area (Å²) in [5.41, 5.74) is 4.49. The number of benzene rings is 1.